The van der Waals surface area contributed by atoms with Crippen molar-refractivity contribution in [3.05, 3.63) is 17.7 Å². The van der Waals surface area contributed by atoms with E-state index in [2.05, 4.69) is 10.5 Å². The molecule has 0 unspecified atom stereocenters. The van der Waals surface area contributed by atoms with Gasteiger partial charge in [-0.25, -0.2) is 10.2 Å². The first-order valence-corrected chi connectivity index (χ1v) is 6.20. The van der Waals surface area contributed by atoms with E-state index >= 15 is 0 Å². The number of rotatable bonds is 1. The molecule has 0 aromatic heterocycles. The number of hydrazone groups is 1. The molecule has 2 heterocycles. The topological polar surface area (TPSA) is 95.2 Å². The fourth-order valence-electron chi connectivity index (χ4n) is 2.31. The smallest absolute Gasteiger partial charge is 0.332 e. The van der Waals surface area contributed by atoms with E-state index in [1.165, 1.54) is 0 Å². The van der Waals surface area contributed by atoms with Gasteiger partial charge in [-0.2, -0.15) is 5.10 Å². The molecule has 0 spiro atoms. The summed E-state index contributed by atoms with van der Waals surface area (Å²) >= 11 is 0. The maximum Gasteiger partial charge on any atom is 0.332 e. The van der Waals surface area contributed by atoms with Crippen LogP contribution in [0.1, 0.15) is 25.8 Å². The van der Waals surface area contributed by atoms with E-state index in [4.69, 9.17) is 19.9 Å². The third-order valence-corrected chi connectivity index (χ3v) is 3.08. The summed E-state index contributed by atoms with van der Waals surface area (Å²) in [7, 11) is 0. The SMILES string of the molecule is CC1(C)CC(=NNC(N)=O)c2ccc3c(c2O1)OCO3. The molecular weight excluding hydrogens is 262 g/mol. The minimum Gasteiger partial charge on any atom is -0.483 e. The predicted molar refractivity (Wildman–Crippen MR) is 71.1 cm³/mol. The number of urea groups is 1. The van der Waals surface area contributed by atoms with Gasteiger partial charge in [0.25, 0.3) is 0 Å². The van der Waals surface area contributed by atoms with Crippen LogP contribution >= 0.6 is 0 Å². The second-order valence-electron chi connectivity index (χ2n) is 5.25. The maximum atomic E-state index is 10.8. The van der Waals surface area contributed by atoms with Crippen molar-refractivity contribution in [2.45, 2.75) is 25.9 Å². The quantitative estimate of drug-likeness (QED) is 0.757. The van der Waals surface area contributed by atoms with Crippen molar-refractivity contribution >= 4 is 11.7 Å². The minimum absolute atomic E-state index is 0.168. The number of hydrogen-bond acceptors (Lipinski definition) is 5. The number of nitrogens with one attached hydrogen (secondary N) is 1. The number of carbonyl (C=O) groups is 1. The van der Waals surface area contributed by atoms with Crippen LogP contribution in [0.2, 0.25) is 0 Å². The van der Waals surface area contributed by atoms with Gasteiger partial charge in [0, 0.05) is 12.0 Å². The van der Waals surface area contributed by atoms with Crippen molar-refractivity contribution in [1.82, 2.24) is 5.43 Å². The molecule has 1 aromatic rings. The fourth-order valence-corrected chi connectivity index (χ4v) is 2.31. The number of ether oxygens (including phenoxy) is 3. The zero-order valence-electron chi connectivity index (χ0n) is 11.2. The largest absolute Gasteiger partial charge is 0.483 e. The molecule has 3 rings (SSSR count). The van der Waals surface area contributed by atoms with Gasteiger partial charge in [0.15, 0.2) is 11.5 Å². The predicted octanol–water partition coefficient (Wildman–Crippen LogP) is 1.35. The number of nitrogens with zero attached hydrogens (tertiary/aromatic N) is 1. The Bertz CT molecular complexity index is 610. The molecule has 7 nitrogen and oxygen atoms in total. The van der Waals surface area contributed by atoms with E-state index in [-0.39, 0.29) is 6.79 Å². The third kappa shape index (κ3) is 2.11. The molecule has 20 heavy (non-hydrogen) atoms. The zero-order valence-corrected chi connectivity index (χ0v) is 11.2. The molecule has 7 heteroatoms. The van der Waals surface area contributed by atoms with E-state index in [9.17, 15) is 4.79 Å². The monoisotopic (exact) mass is 277 g/mol. The van der Waals surface area contributed by atoms with Crippen molar-refractivity contribution in [3.8, 4) is 17.2 Å². The summed E-state index contributed by atoms with van der Waals surface area (Å²) < 4.78 is 16.8. The van der Waals surface area contributed by atoms with Gasteiger partial charge in [0.1, 0.15) is 5.60 Å². The standard InChI is InChI=1S/C13H15N3O4/c1-13(2)5-8(15-16-12(14)17)7-3-4-9-11(10(7)20-13)19-6-18-9/h3-4H,5-6H2,1-2H3,(H3,14,16,17). The van der Waals surface area contributed by atoms with Gasteiger partial charge in [-0.3, -0.25) is 0 Å². The van der Waals surface area contributed by atoms with E-state index in [1.54, 1.807) is 6.07 Å². The van der Waals surface area contributed by atoms with Crippen LogP contribution in [0, 0.1) is 0 Å². The van der Waals surface area contributed by atoms with Crippen LogP contribution in [0.3, 0.4) is 0 Å². The number of amides is 2. The van der Waals surface area contributed by atoms with Crippen molar-refractivity contribution in [2.75, 3.05) is 6.79 Å². The van der Waals surface area contributed by atoms with Gasteiger partial charge in [-0.15, -0.1) is 0 Å². The Morgan fingerprint density at radius 2 is 2.15 bits per heavy atom. The second kappa shape index (κ2) is 4.29. The van der Waals surface area contributed by atoms with Crippen LogP contribution in [0.25, 0.3) is 0 Å². The van der Waals surface area contributed by atoms with Crippen molar-refractivity contribution in [1.29, 1.82) is 0 Å². The van der Waals surface area contributed by atoms with Crippen LogP contribution in [0.5, 0.6) is 17.2 Å². The van der Waals surface area contributed by atoms with Gasteiger partial charge < -0.3 is 19.9 Å². The lowest BCUT2D eigenvalue weighted by molar-refractivity contribution is 0.103. The molecule has 0 radical (unpaired) electrons. The molecule has 2 amide bonds. The highest BCUT2D eigenvalue weighted by Crippen LogP contribution is 2.47. The number of fused-ring (bicyclic) bond motifs is 3. The third-order valence-electron chi connectivity index (χ3n) is 3.08. The Morgan fingerprint density at radius 3 is 2.90 bits per heavy atom. The number of benzene rings is 1. The molecule has 0 bridgehead atoms. The Hall–Kier alpha value is -2.44. The number of primary amides is 1. The molecule has 0 aliphatic carbocycles. The van der Waals surface area contributed by atoms with Crippen molar-refractivity contribution in [3.63, 3.8) is 0 Å². The molecule has 2 aliphatic rings. The van der Waals surface area contributed by atoms with E-state index in [1.807, 2.05) is 19.9 Å². The van der Waals surface area contributed by atoms with Crippen LogP contribution in [0.4, 0.5) is 4.79 Å². The molecule has 106 valence electrons. The number of nitrogens with two attached hydrogens (primary N) is 1. The van der Waals surface area contributed by atoms with Crippen molar-refractivity contribution in [2.24, 2.45) is 10.8 Å². The van der Waals surface area contributed by atoms with E-state index in [0.29, 0.717) is 29.4 Å². The lowest BCUT2D eigenvalue weighted by Gasteiger charge is -2.33. The molecule has 0 saturated heterocycles. The Kier molecular flexibility index (Phi) is 2.70. The summed E-state index contributed by atoms with van der Waals surface area (Å²) in [6, 6.07) is 2.92. The first-order chi connectivity index (χ1) is 9.46. The van der Waals surface area contributed by atoms with Gasteiger partial charge in [-0.1, -0.05) is 0 Å². The maximum absolute atomic E-state index is 10.8. The lowest BCUT2D eigenvalue weighted by Crippen LogP contribution is -2.37. The molecular formula is C13H15N3O4. The van der Waals surface area contributed by atoms with Gasteiger partial charge in [0.05, 0.1) is 5.71 Å². The molecule has 0 saturated carbocycles. The first kappa shape index (κ1) is 12.6. The van der Waals surface area contributed by atoms with Crippen LogP contribution in [-0.2, 0) is 0 Å². The fraction of sp³-hybridized carbons (Fsp3) is 0.385. The molecule has 2 aliphatic heterocycles. The normalized spacial score (nSPS) is 20.2. The summed E-state index contributed by atoms with van der Waals surface area (Å²) in [5.74, 6) is 1.80. The summed E-state index contributed by atoms with van der Waals surface area (Å²) in [5.41, 5.74) is 8.30. The summed E-state index contributed by atoms with van der Waals surface area (Å²) in [5, 5.41) is 4.06. The number of hydrogen-bond donors (Lipinski definition) is 2. The van der Waals surface area contributed by atoms with Gasteiger partial charge >= 0.3 is 6.03 Å². The summed E-state index contributed by atoms with van der Waals surface area (Å²) in [6.07, 6.45) is 0.542. The summed E-state index contributed by atoms with van der Waals surface area (Å²) in [4.78, 5) is 10.8. The van der Waals surface area contributed by atoms with Crippen LogP contribution in [0.15, 0.2) is 17.2 Å². The van der Waals surface area contributed by atoms with E-state index in [0.717, 1.165) is 5.56 Å². The van der Waals surface area contributed by atoms with Crippen LogP contribution in [-0.4, -0.2) is 24.1 Å². The zero-order chi connectivity index (χ0) is 14.3. The van der Waals surface area contributed by atoms with Crippen molar-refractivity contribution < 1.29 is 19.0 Å². The second-order valence-corrected chi connectivity index (χ2v) is 5.25. The molecule has 0 atom stereocenters. The minimum atomic E-state index is -0.705. The Labute approximate surface area is 115 Å². The highest BCUT2D eigenvalue weighted by atomic mass is 16.7. The van der Waals surface area contributed by atoms with E-state index < -0.39 is 11.6 Å². The molecule has 1 aromatic carbocycles. The average molecular weight is 277 g/mol. The molecule has 3 N–H and O–H groups in total. The number of carbonyl (C=O) groups excluding carboxylic acids is 1. The average Bonchev–Trinajstić information content (AvgIpc) is 2.83. The first-order valence-electron chi connectivity index (χ1n) is 6.20. The van der Waals surface area contributed by atoms with Gasteiger partial charge in [0.2, 0.25) is 12.5 Å². The highest BCUT2D eigenvalue weighted by Gasteiger charge is 2.36. The summed E-state index contributed by atoms with van der Waals surface area (Å²) in [6.45, 7) is 4.04. The highest BCUT2D eigenvalue weighted by molar-refractivity contribution is 6.05. The van der Waals surface area contributed by atoms with Crippen LogP contribution < -0.4 is 25.4 Å². The lowest BCUT2D eigenvalue weighted by atomic mass is 9.92. The Balaban J connectivity index is 2.09. The Morgan fingerprint density at radius 1 is 1.35 bits per heavy atom. The van der Waals surface area contributed by atoms with Gasteiger partial charge in [-0.05, 0) is 26.0 Å². The molecule has 0 fully saturated rings.